The average Bonchev–Trinajstić information content (AvgIpc) is 2.39. The first-order chi connectivity index (χ1) is 9.06. The molecule has 1 aromatic heterocycles. The highest BCUT2D eigenvalue weighted by molar-refractivity contribution is 5.44. The predicted octanol–water partition coefficient (Wildman–Crippen LogP) is 2.88. The van der Waals surface area contributed by atoms with Gasteiger partial charge in [-0.3, -0.25) is 4.98 Å². The van der Waals surface area contributed by atoms with Crippen LogP contribution in [0.2, 0.25) is 0 Å². The lowest BCUT2D eigenvalue weighted by Crippen LogP contribution is -2.17. The number of halogens is 1. The standard InChI is InChI=1S/C15H18FN3/c1-11(17)15-7-6-14(9-18-15)19(2)10-12-4-3-5-13(16)8-12/h3-9,11H,10,17H2,1-2H3/t11-/m0/s1. The number of aromatic nitrogens is 1. The van der Waals surface area contributed by atoms with E-state index in [1.165, 1.54) is 6.07 Å². The van der Waals surface area contributed by atoms with Crippen molar-refractivity contribution >= 4 is 5.69 Å². The van der Waals surface area contributed by atoms with Crippen LogP contribution in [0.3, 0.4) is 0 Å². The molecule has 0 amide bonds. The summed E-state index contributed by atoms with van der Waals surface area (Å²) in [6.07, 6.45) is 1.79. The molecule has 0 radical (unpaired) electrons. The van der Waals surface area contributed by atoms with Crippen LogP contribution in [0.1, 0.15) is 24.2 Å². The molecule has 1 atom stereocenters. The fourth-order valence-corrected chi connectivity index (χ4v) is 1.89. The summed E-state index contributed by atoms with van der Waals surface area (Å²) in [5, 5.41) is 0. The summed E-state index contributed by atoms with van der Waals surface area (Å²) in [5.74, 6) is -0.212. The second-order valence-electron chi connectivity index (χ2n) is 4.72. The van der Waals surface area contributed by atoms with Crippen LogP contribution in [0.25, 0.3) is 0 Å². The first-order valence-corrected chi connectivity index (χ1v) is 6.23. The summed E-state index contributed by atoms with van der Waals surface area (Å²) < 4.78 is 13.1. The van der Waals surface area contributed by atoms with Crippen LogP contribution in [0.5, 0.6) is 0 Å². The quantitative estimate of drug-likeness (QED) is 0.918. The number of hydrogen-bond donors (Lipinski definition) is 1. The van der Waals surface area contributed by atoms with Gasteiger partial charge in [-0.15, -0.1) is 0 Å². The van der Waals surface area contributed by atoms with E-state index in [2.05, 4.69) is 4.98 Å². The Labute approximate surface area is 112 Å². The lowest BCUT2D eigenvalue weighted by Gasteiger charge is -2.19. The normalized spacial score (nSPS) is 12.2. The maximum Gasteiger partial charge on any atom is 0.123 e. The number of benzene rings is 1. The molecule has 1 aromatic carbocycles. The van der Waals surface area contributed by atoms with Crippen LogP contribution < -0.4 is 10.6 Å². The highest BCUT2D eigenvalue weighted by atomic mass is 19.1. The van der Waals surface area contributed by atoms with Gasteiger partial charge in [0, 0.05) is 19.6 Å². The van der Waals surface area contributed by atoms with Gasteiger partial charge in [0.2, 0.25) is 0 Å². The van der Waals surface area contributed by atoms with E-state index in [9.17, 15) is 4.39 Å². The average molecular weight is 259 g/mol. The second kappa shape index (κ2) is 5.80. The SMILES string of the molecule is C[C@H](N)c1ccc(N(C)Cc2cccc(F)c2)cn1. The summed E-state index contributed by atoms with van der Waals surface area (Å²) >= 11 is 0. The largest absolute Gasteiger partial charge is 0.369 e. The number of hydrogen-bond acceptors (Lipinski definition) is 3. The molecular weight excluding hydrogens is 241 g/mol. The number of nitrogens with two attached hydrogens (primary N) is 1. The third kappa shape index (κ3) is 3.51. The van der Waals surface area contributed by atoms with Crippen LogP contribution in [0.15, 0.2) is 42.6 Å². The molecule has 19 heavy (non-hydrogen) atoms. The van der Waals surface area contributed by atoms with Gasteiger partial charge in [0.1, 0.15) is 5.82 Å². The van der Waals surface area contributed by atoms with Gasteiger partial charge in [0.05, 0.1) is 17.6 Å². The molecular formula is C15H18FN3. The van der Waals surface area contributed by atoms with E-state index in [1.54, 1.807) is 18.3 Å². The topological polar surface area (TPSA) is 42.1 Å². The third-order valence-corrected chi connectivity index (χ3v) is 2.99. The van der Waals surface area contributed by atoms with Gasteiger partial charge in [-0.2, -0.15) is 0 Å². The zero-order valence-corrected chi connectivity index (χ0v) is 11.2. The fraction of sp³-hybridized carbons (Fsp3) is 0.267. The maximum atomic E-state index is 13.1. The molecule has 3 nitrogen and oxygen atoms in total. The molecule has 0 spiro atoms. The van der Waals surface area contributed by atoms with Crippen LogP contribution in [-0.2, 0) is 6.54 Å². The Morgan fingerprint density at radius 2 is 2.11 bits per heavy atom. The zero-order chi connectivity index (χ0) is 13.8. The Bertz CT molecular complexity index is 537. The first-order valence-electron chi connectivity index (χ1n) is 6.23. The lowest BCUT2D eigenvalue weighted by atomic mass is 10.2. The monoisotopic (exact) mass is 259 g/mol. The van der Waals surface area contributed by atoms with E-state index in [1.807, 2.05) is 37.1 Å². The van der Waals surface area contributed by atoms with Crippen molar-refractivity contribution in [2.45, 2.75) is 19.5 Å². The van der Waals surface area contributed by atoms with E-state index in [-0.39, 0.29) is 11.9 Å². The minimum absolute atomic E-state index is 0.0671. The van der Waals surface area contributed by atoms with Gasteiger partial charge in [0.25, 0.3) is 0 Å². The minimum atomic E-state index is -0.212. The van der Waals surface area contributed by atoms with Crippen LogP contribution in [0.4, 0.5) is 10.1 Å². The molecule has 0 aliphatic carbocycles. The molecule has 0 aliphatic heterocycles. The summed E-state index contributed by atoms with van der Waals surface area (Å²) in [6.45, 7) is 2.54. The molecule has 0 unspecified atom stereocenters. The van der Waals surface area contributed by atoms with E-state index in [0.717, 1.165) is 16.9 Å². The van der Waals surface area contributed by atoms with Crippen LogP contribution in [0, 0.1) is 5.82 Å². The third-order valence-electron chi connectivity index (χ3n) is 2.99. The Balaban J connectivity index is 2.09. The Morgan fingerprint density at radius 3 is 2.68 bits per heavy atom. The summed E-state index contributed by atoms with van der Waals surface area (Å²) in [7, 11) is 1.95. The van der Waals surface area contributed by atoms with Gasteiger partial charge < -0.3 is 10.6 Å². The molecule has 2 rings (SSSR count). The Kier molecular flexibility index (Phi) is 4.12. The van der Waals surface area contributed by atoms with Crippen molar-refractivity contribution in [3.63, 3.8) is 0 Å². The lowest BCUT2D eigenvalue weighted by molar-refractivity contribution is 0.625. The molecule has 2 aromatic rings. The summed E-state index contributed by atoms with van der Waals surface area (Å²) in [4.78, 5) is 6.34. The molecule has 4 heteroatoms. The van der Waals surface area contributed by atoms with Crippen molar-refractivity contribution in [3.8, 4) is 0 Å². The van der Waals surface area contributed by atoms with Crippen molar-refractivity contribution in [2.75, 3.05) is 11.9 Å². The van der Waals surface area contributed by atoms with Crippen molar-refractivity contribution in [1.82, 2.24) is 4.98 Å². The van der Waals surface area contributed by atoms with Gasteiger partial charge in [0.15, 0.2) is 0 Å². The molecule has 0 bridgehead atoms. The highest BCUT2D eigenvalue weighted by Crippen LogP contribution is 2.16. The van der Waals surface area contributed by atoms with Crippen molar-refractivity contribution in [3.05, 3.63) is 59.7 Å². The highest BCUT2D eigenvalue weighted by Gasteiger charge is 2.05. The van der Waals surface area contributed by atoms with Crippen molar-refractivity contribution < 1.29 is 4.39 Å². The molecule has 0 fully saturated rings. The van der Waals surface area contributed by atoms with E-state index in [4.69, 9.17) is 5.73 Å². The predicted molar refractivity (Wildman–Crippen MR) is 75.3 cm³/mol. The van der Waals surface area contributed by atoms with Crippen molar-refractivity contribution in [2.24, 2.45) is 5.73 Å². The van der Waals surface area contributed by atoms with Gasteiger partial charge in [-0.05, 0) is 36.8 Å². The molecule has 0 saturated carbocycles. The van der Waals surface area contributed by atoms with Crippen LogP contribution >= 0.6 is 0 Å². The van der Waals surface area contributed by atoms with Gasteiger partial charge >= 0.3 is 0 Å². The molecule has 100 valence electrons. The number of pyridine rings is 1. The fourth-order valence-electron chi connectivity index (χ4n) is 1.89. The minimum Gasteiger partial charge on any atom is -0.369 e. The maximum absolute atomic E-state index is 13.1. The van der Waals surface area contributed by atoms with Gasteiger partial charge in [-0.1, -0.05) is 12.1 Å². The molecule has 0 aliphatic rings. The summed E-state index contributed by atoms with van der Waals surface area (Å²) in [5.41, 5.74) is 8.54. The molecule has 2 N–H and O–H groups in total. The molecule has 0 saturated heterocycles. The number of rotatable bonds is 4. The van der Waals surface area contributed by atoms with Crippen molar-refractivity contribution in [1.29, 1.82) is 0 Å². The van der Waals surface area contributed by atoms with E-state index < -0.39 is 0 Å². The van der Waals surface area contributed by atoms with E-state index >= 15 is 0 Å². The number of anilines is 1. The van der Waals surface area contributed by atoms with E-state index in [0.29, 0.717) is 6.54 Å². The molecule has 1 heterocycles. The Morgan fingerprint density at radius 1 is 1.32 bits per heavy atom. The second-order valence-corrected chi connectivity index (χ2v) is 4.72. The van der Waals surface area contributed by atoms with Gasteiger partial charge in [-0.25, -0.2) is 4.39 Å². The van der Waals surface area contributed by atoms with Crippen LogP contribution in [-0.4, -0.2) is 12.0 Å². The zero-order valence-electron chi connectivity index (χ0n) is 11.2. The Hall–Kier alpha value is -1.94. The smallest absolute Gasteiger partial charge is 0.123 e. The summed E-state index contributed by atoms with van der Waals surface area (Å²) in [6, 6.07) is 10.4. The number of nitrogens with zero attached hydrogens (tertiary/aromatic N) is 2. The first kappa shape index (κ1) is 13.5.